The lowest BCUT2D eigenvalue weighted by atomic mass is 9.84. The highest BCUT2D eigenvalue weighted by Gasteiger charge is 2.42. The average Bonchev–Trinajstić information content (AvgIpc) is 0.933. The predicted octanol–water partition coefficient (Wildman–Crippen LogP) is 19.4. The van der Waals surface area contributed by atoms with Crippen LogP contribution in [0.4, 0.5) is 17.1 Å². The second-order valence-corrected chi connectivity index (χ2v) is 32.2. The van der Waals surface area contributed by atoms with Gasteiger partial charge in [0.05, 0.1) is 0 Å². The van der Waals surface area contributed by atoms with Gasteiger partial charge in [-0.2, -0.15) is 0 Å². The quantitative estimate of drug-likeness (QED) is 0.0592. The van der Waals surface area contributed by atoms with E-state index in [1.807, 2.05) is 62.3 Å². The van der Waals surface area contributed by atoms with E-state index in [9.17, 15) is 15.0 Å². The molecule has 12 rings (SSSR count). The monoisotopic (exact) mass is 1320 g/mol. The smallest absolute Gasteiger partial charge is 0.308 e. The number of carbonyl (C=O) groups is 1. The van der Waals surface area contributed by atoms with Crippen LogP contribution in [-0.4, -0.2) is 49.8 Å². The van der Waals surface area contributed by atoms with E-state index in [-0.39, 0.29) is 39.6 Å². The number of phenolic OH excluding ortho intramolecular Hbond substituents is 2. The minimum Gasteiger partial charge on any atom is -0.507 e. The number of nitrogen functional groups attached to an aromatic ring is 3. The molecular weight excluding hydrogens is 1200 g/mol. The van der Waals surface area contributed by atoms with Crippen LogP contribution in [0.25, 0.3) is 0 Å². The molecule has 526 valence electrons. The first-order chi connectivity index (χ1) is 43.8. The lowest BCUT2D eigenvalue weighted by Gasteiger charge is -2.35. The molecule has 0 radical (unpaired) electrons. The van der Waals surface area contributed by atoms with Gasteiger partial charge in [0.25, 0.3) is 0 Å². The molecule has 6 aliphatic heterocycles. The summed E-state index contributed by atoms with van der Waals surface area (Å²) in [6.45, 7) is 65.6. The predicted molar refractivity (Wildman–Crippen MR) is 396 cm³/mol. The number of nitrogens with two attached hydrogens (primary N) is 3. The van der Waals surface area contributed by atoms with Gasteiger partial charge in [-0.15, -0.1) is 0 Å². The number of esters is 1. The van der Waals surface area contributed by atoms with Gasteiger partial charge in [0.2, 0.25) is 0 Å². The van der Waals surface area contributed by atoms with Crippen LogP contribution in [0, 0.1) is 125 Å². The van der Waals surface area contributed by atoms with Crippen molar-refractivity contribution in [2.45, 2.75) is 306 Å². The van der Waals surface area contributed by atoms with Gasteiger partial charge in [-0.1, -0.05) is 6.92 Å². The molecular formula is C83H119N3O10. The van der Waals surface area contributed by atoms with Gasteiger partial charge in [-0.25, -0.2) is 0 Å². The van der Waals surface area contributed by atoms with Crippen molar-refractivity contribution in [3.05, 3.63) is 134 Å². The SMILES string of the molecule is CC(=O)Oc1c(C)c(C)c2c(c1C)CC(C)(C)O2.Cc1c(C)c2c(c(C)c1N)C(C)C(C)(C)O2.Cc1c(C)c2c(c(C)c1N)CC(C)(C)O2.Cc1c(C)c2c(c(C)c1N)CCC(C)(C)O2.Cc1c(C)c2c(c(C)c1O)CC(C)(C)O2.Cc1c(C)c2c(c(C)c1O)CCC(C)(C)O2. The summed E-state index contributed by atoms with van der Waals surface area (Å²) in [7, 11) is 0. The summed E-state index contributed by atoms with van der Waals surface area (Å²) in [5.74, 6) is 7.78. The van der Waals surface area contributed by atoms with Crippen molar-refractivity contribution >= 4 is 23.0 Å². The molecule has 6 aliphatic rings. The zero-order valence-electron chi connectivity index (χ0n) is 64.9. The minimum atomic E-state index is -0.279. The molecule has 0 aliphatic carbocycles. The number of hydrogen-bond acceptors (Lipinski definition) is 13. The van der Waals surface area contributed by atoms with Crippen molar-refractivity contribution < 1.29 is 48.2 Å². The Kier molecular flexibility index (Phi) is 21.2. The number of rotatable bonds is 1. The van der Waals surface area contributed by atoms with Crippen molar-refractivity contribution in [1.29, 1.82) is 0 Å². The van der Waals surface area contributed by atoms with Crippen molar-refractivity contribution in [3.63, 3.8) is 0 Å². The van der Waals surface area contributed by atoms with E-state index in [2.05, 4.69) is 152 Å². The lowest BCUT2D eigenvalue weighted by Crippen LogP contribution is -2.33. The number of hydrogen-bond donors (Lipinski definition) is 5. The van der Waals surface area contributed by atoms with Crippen LogP contribution in [0.1, 0.15) is 249 Å². The number of phenols is 2. The molecule has 13 heteroatoms. The molecule has 96 heavy (non-hydrogen) atoms. The number of fused-ring (bicyclic) bond motifs is 6. The van der Waals surface area contributed by atoms with Crippen molar-refractivity contribution in [2.24, 2.45) is 0 Å². The Bertz CT molecular complexity index is 3830. The number of aromatic hydroxyl groups is 2. The normalized spacial score (nSPS) is 18.0. The topological polar surface area (TPSA) is 200 Å². The maximum absolute atomic E-state index is 11.2. The van der Waals surface area contributed by atoms with Crippen LogP contribution >= 0.6 is 0 Å². The first kappa shape index (κ1) is 76.0. The van der Waals surface area contributed by atoms with Crippen LogP contribution in [0.3, 0.4) is 0 Å². The molecule has 0 aromatic heterocycles. The highest BCUT2D eigenvalue weighted by atomic mass is 16.5. The first-order valence-electron chi connectivity index (χ1n) is 34.6. The Hall–Kier alpha value is -7.41. The molecule has 0 fully saturated rings. The number of anilines is 3. The maximum atomic E-state index is 11.2. The summed E-state index contributed by atoms with van der Waals surface area (Å²) in [6, 6.07) is 0. The molecule has 0 bridgehead atoms. The first-order valence-corrected chi connectivity index (χ1v) is 34.6. The Morgan fingerprint density at radius 1 is 0.354 bits per heavy atom. The second kappa shape index (κ2) is 26.8. The fraction of sp³-hybridized carbons (Fsp3) is 0.554. The average molecular weight is 1320 g/mol. The molecule has 0 amide bonds. The van der Waals surface area contributed by atoms with E-state index in [0.717, 1.165) is 163 Å². The largest absolute Gasteiger partial charge is 0.507 e. The molecule has 0 spiro atoms. The minimum absolute atomic E-state index is 0.0489. The summed E-state index contributed by atoms with van der Waals surface area (Å²) in [5, 5.41) is 20.0. The van der Waals surface area contributed by atoms with E-state index in [4.69, 9.17) is 50.4 Å². The number of benzene rings is 6. The van der Waals surface area contributed by atoms with E-state index in [1.165, 1.54) is 73.7 Å². The van der Waals surface area contributed by atoms with E-state index in [1.54, 1.807) is 0 Å². The Morgan fingerprint density at radius 2 is 0.635 bits per heavy atom. The van der Waals surface area contributed by atoms with Crippen molar-refractivity contribution in [3.8, 4) is 51.7 Å². The molecule has 0 saturated heterocycles. The molecule has 1 atom stereocenters. The second-order valence-electron chi connectivity index (χ2n) is 32.2. The van der Waals surface area contributed by atoms with Crippen molar-refractivity contribution in [2.75, 3.05) is 17.2 Å². The Balaban J connectivity index is 0.000000163. The van der Waals surface area contributed by atoms with E-state index >= 15 is 0 Å². The molecule has 8 N–H and O–H groups in total. The van der Waals surface area contributed by atoms with Crippen LogP contribution < -0.4 is 50.4 Å². The number of ether oxygens (including phenoxy) is 7. The molecule has 6 aromatic rings. The van der Waals surface area contributed by atoms with Gasteiger partial charge in [-0.3, -0.25) is 4.79 Å². The van der Waals surface area contributed by atoms with E-state index in [0.29, 0.717) is 23.2 Å². The van der Waals surface area contributed by atoms with Crippen LogP contribution in [0.5, 0.6) is 51.7 Å². The van der Waals surface area contributed by atoms with Gasteiger partial charge < -0.3 is 60.6 Å². The third kappa shape index (κ3) is 14.7. The highest BCUT2D eigenvalue weighted by molar-refractivity contribution is 5.73. The third-order valence-corrected chi connectivity index (χ3v) is 22.0. The maximum Gasteiger partial charge on any atom is 0.308 e. The Labute approximate surface area is 576 Å². The van der Waals surface area contributed by atoms with Gasteiger partial charge in [0.1, 0.15) is 85.4 Å². The molecule has 0 saturated carbocycles. The zero-order chi connectivity index (χ0) is 72.8. The van der Waals surface area contributed by atoms with Crippen LogP contribution in [0.15, 0.2) is 0 Å². The van der Waals surface area contributed by atoms with Crippen molar-refractivity contribution in [1.82, 2.24) is 0 Å². The van der Waals surface area contributed by atoms with Gasteiger partial charge in [-0.05, 0) is 339 Å². The Morgan fingerprint density at radius 3 is 1.02 bits per heavy atom. The molecule has 6 aromatic carbocycles. The molecule has 6 heterocycles. The van der Waals surface area contributed by atoms with Gasteiger partial charge >= 0.3 is 5.97 Å². The number of carbonyl (C=O) groups excluding carboxylic acids is 1. The summed E-state index contributed by atoms with van der Waals surface area (Å²) in [4.78, 5) is 11.2. The van der Waals surface area contributed by atoms with E-state index < -0.39 is 0 Å². The summed E-state index contributed by atoms with van der Waals surface area (Å²) >= 11 is 0. The van der Waals surface area contributed by atoms with Gasteiger partial charge in [0.15, 0.2) is 0 Å². The van der Waals surface area contributed by atoms with Gasteiger partial charge in [0, 0.05) is 77.0 Å². The van der Waals surface area contributed by atoms with Crippen LogP contribution in [0.2, 0.25) is 0 Å². The standard InChI is InChI=1S/C15H20O3.2C14H21NO.C14H20O2.C13H19NO.C13H18O2/c1-8-9(2)14-12(7-15(5,6)18-14)10(3)13(8)17-11(4)16;1-8-9(2)13-11(10(3)12(8)15)6-7-14(4,5)16-13;1-7-8(2)13-11(9(3)12(7)15)10(4)14(5,6)16-13;1-8-9(2)13-11(10(3)12(8)15)6-7-14(4,5)16-13;2*1-7-8(2)12-10(9(3)11(7)14)6-13(4,5)15-12/h7H2,1-6H3;6-7,15H2,1-5H3;10H,15H2,1-6H3;15H,6-7H2,1-5H3;6,14H2,1-5H3;14H,6H2,1-5H3. The molecule has 13 nitrogen and oxygen atoms in total. The fourth-order valence-electron chi connectivity index (χ4n) is 14.4. The fourth-order valence-corrected chi connectivity index (χ4v) is 14.4. The summed E-state index contributed by atoms with van der Waals surface area (Å²) in [6.07, 6.45) is 6.81. The lowest BCUT2D eigenvalue weighted by molar-refractivity contribution is -0.132. The van der Waals surface area contributed by atoms with Crippen LogP contribution in [-0.2, 0) is 36.9 Å². The summed E-state index contributed by atoms with van der Waals surface area (Å²) in [5.41, 5.74) is 47.6. The molecule has 1 unspecified atom stereocenters. The summed E-state index contributed by atoms with van der Waals surface area (Å²) < 4.78 is 41.5. The highest BCUT2D eigenvalue weighted by Crippen LogP contribution is 2.52. The zero-order valence-corrected chi connectivity index (χ0v) is 64.9. The third-order valence-electron chi connectivity index (χ3n) is 22.0.